The van der Waals surface area contributed by atoms with Crippen molar-refractivity contribution in [2.45, 2.75) is 6.42 Å². The number of nitro groups is 1. The number of benzene rings is 2. The smallest absolute Gasteiger partial charge is 0.270 e. The number of nitro benzene ring substituents is 1. The summed E-state index contributed by atoms with van der Waals surface area (Å²) in [6, 6.07) is 11.7. The molecule has 0 aliphatic rings. The van der Waals surface area contributed by atoms with Crippen molar-refractivity contribution in [3.63, 3.8) is 0 Å². The van der Waals surface area contributed by atoms with Gasteiger partial charge in [-0.3, -0.25) is 14.9 Å². The maximum Gasteiger partial charge on any atom is 0.270 e. The molecule has 3 rings (SSSR count). The highest BCUT2D eigenvalue weighted by Gasteiger charge is 2.13. The van der Waals surface area contributed by atoms with Gasteiger partial charge < -0.3 is 4.98 Å². The normalized spacial score (nSPS) is 10.8. The molecule has 7 heteroatoms. The lowest BCUT2D eigenvalue weighted by Gasteiger charge is -2.05. The first-order valence-electron chi connectivity index (χ1n) is 6.45. The largest absolute Gasteiger partial charge is 0.319 e. The summed E-state index contributed by atoms with van der Waals surface area (Å²) >= 11 is 3.35. The highest BCUT2D eigenvalue weighted by Crippen LogP contribution is 2.24. The predicted octanol–water partition coefficient (Wildman–Crippen LogP) is 3.18. The van der Waals surface area contributed by atoms with E-state index in [4.69, 9.17) is 0 Å². The molecule has 0 aliphatic heterocycles. The van der Waals surface area contributed by atoms with E-state index in [0.717, 1.165) is 0 Å². The molecule has 0 fully saturated rings. The number of rotatable bonds is 3. The summed E-state index contributed by atoms with van der Waals surface area (Å²) in [6.07, 6.45) is 0.211. The Hall–Kier alpha value is -2.54. The van der Waals surface area contributed by atoms with Crippen LogP contribution in [0.1, 0.15) is 11.3 Å². The number of non-ortho nitro benzene ring substituents is 1. The standard InChI is InChI=1S/C15H10BrN3O3/c16-11-6-5-10(19(21)22)7-9(11)8-14-15(20)18-13-4-2-1-3-12(13)17-14/h1-7H,8H2,(H,18,20). The Balaban J connectivity index is 2.06. The summed E-state index contributed by atoms with van der Waals surface area (Å²) in [4.78, 5) is 29.6. The van der Waals surface area contributed by atoms with Crippen LogP contribution in [0.2, 0.25) is 0 Å². The van der Waals surface area contributed by atoms with E-state index in [1.807, 2.05) is 12.1 Å². The van der Waals surface area contributed by atoms with Crippen LogP contribution in [0.5, 0.6) is 0 Å². The second-order valence-electron chi connectivity index (χ2n) is 4.74. The number of H-pyrrole nitrogens is 1. The van der Waals surface area contributed by atoms with Crippen LogP contribution < -0.4 is 5.56 Å². The highest BCUT2D eigenvalue weighted by molar-refractivity contribution is 9.10. The van der Waals surface area contributed by atoms with Crippen LogP contribution in [0.4, 0.5) is 5.69 Å². The molecule has 0 amide bonds. The summed E-state index contributed by atoms with van der Waals surface area (Å²) in [7, 11) is 0. The second-order valence-corrected chi connectivity index (χ2v) is 5.59. The van der Waals surface area contributed by atoms with Crippen molar-refractivity contribution in [1.82, 2.24) is 9.97 Å². The number of hydrogen-bond donors (Lipinski definition) is 1. The molecule has 0 radical (unpaired) electrons. The average Bonchev–Trinajstić information content (AvgIpc) is 2.50. The number of aromatic amines is 1. The van der Waals surface area contributed by atoms with Gasteiger partial charge in [-0.15, -0.1) is 0 Å². The fourth-order valence-electron chi connectivity index (χ4n) is 2.18. The highest BCUT2D eigenvalue weighted by atomic mass is 79.9. The monoisotopic (exact) mass is 359 g/mol. The zero-order valence-electron chi connectivity index (χ0n) is 11.2. The van der Waals surface area contributed by atoms with E-state index < -0.39 is 4.92 Å². The fourth-order valence-corrected chi connectivity index (χ4v) is 2.56. The number of hydrogen-bond acceptors (Lipinski definition) is 4. The van der Waals surface area contributed by atoms with Gasteiger partial charge in [0.25, 0.3) is 11.2 Å². The molecule has 0 unspecified atom stereocenters. The lowest BCUT2D eigenvalue weighted by Crippen LogP contribution is -2.15. The van der Waals surface area contributed by atoms with Crippen LogP contribution >= 0.6 is 15.9 Å². The van der Waals surface area contributed by atoms with Crippen molar-refractivity contribution in [2.24, 2.45) is 0 Å². The Labute approximate surface area is 133 Å². The molecular formula is C15H10BrN3O3. The topological polar surface area (TPSA) is 88.9 Å². The van der Waals surface area contributed by atoms with E-state index in [1.54, 1.807) is 18.2 Å². The van der Waals surface area contributed by atoms with E-state index >= 15 is 0 Å². The zero-order valence-corrected chi connectivity index (χ0v) is 12.8. The molecule has 0 saturated carbocycles. The van der Waals surface area contributed by atoms with E-state index in [9.17, 15) is 14.9 Å². The van der Waals surface area contributed by atoms with Crippen LogP contribution in [0, 0.1) is 10.1 Å². The van der Waals surface area contributed by atoms with Crippen molar-refractivity contribution >= 4 is 32.7 Å². The summed E-state index contributed by atoms with van der Waals surface area (Å²) in [5, 5.41) is 10.9. The molecular weight excluding hydrogens is 350 g/mol. The molecule has 22 heavy (non-hydrogen) atoms. The molecule has 2 aromatic carbocycles. The van der Waals surface area contributed by atoms with Gasteiger partial charge in [0.05, 0.1) is 16.0 Å². The first-order chi connectivity index (χ1) is 10.5. The van der Waals surface area contributed by atoms with Gasteiger partial charge in [-0.05, 0) is 23.8 Å². The Kier molecular flexibility index (Phi) is 3.72. The van der Waals surface area contributed by atoms with Crippen molar-refractivity contribution in [3.8, 4) is 0 Å². The van der Waals surface area contributed by atoms with Gasteiger partial charge in [-0.1, -0.05) is 28.1 Å². The maximum atomic E-state index is 12.1. The Morgan fingerprint density at radius 2 is 2.00 bits per heavy atom. The molecule has 6 nitrogen and oxygen atoms in total. The van der Waals surface area contributed by atoms with Crippen LogP contribution in [0.3, 0.4) is 0 Å². The van der Waals surface area contributed by atoms with Gasteiger partial charge in [0.15, 0.2) is 0 Å². The number of aromatic nitrogens is 2. The van der Waals surface area contributed by atoms with Gasteiger partial charge in [0.1, 0.15) is 5.69 Å². The number of fused-ring (bicyclic) bond motifs is 1. The number of para-hydroxylation sites is 2. The quantitative estimate of drug-likeness (QED) is 0.574. The third-order valence-electron chi connectivity index (χ3n) is 3.27. The SMILES string of the molecule is O=c1[nH]c2ccccc2nc1Cc1cc([N+](=O)[O-])ccc1Br. The summed E-state index contributed by atoms with van der Waals surface area (Å²) in [5.74, 6) is 0. The van der Waals surface area contributed by atoms with E-state index in [0.29, 0.717) is 26.8 Å². The van der Waals surface area contributed by atoms with Gasteiger partial charge in [-0.2, -0.15) is 0 Å². The zero-order chi connectivity index (χ0) is 15.7. The summed E-state index contributed by atoms with van der Waals surface area (Å²) in [5.41, 5.74) is 1.99. The predicted molar refractivity (Wildman–Crippen MR) is 86.0 cm³/mol. The van der Waals surface area contributed by atoms with Crippen molar-refractivity contribution in [3.05, 3.63) is 78.7 Å². The van der Waals surface area contributed by atoms with Gasteiger partial charge in [0.2, 0.25) is 0 Å². The maximum absolute atomic E-state index is 12.1. The fraction of sp³-hybridized carbons (Fsp3) is 0.0667. The van der Waals surface area contributed by atoms with E-state index in [1.165, 1.54) is 12.1 Å². The van der Waals surface area contributed by atoms with Crippen LogP contribution in [-0.4, -0.2) is 14.9 Å². The molecule has 1 N–H and O–H groups in total. The first kappa shape index (κ1) is 14.4. The Morgan fingerprint density at radius 1 is 1.23 bits per heavy atom. The van der Waals surface area contributed by atoms with E-state index in [-0.39, 0.29) is 17.7 Å². The first-order valence-corrected chi connectivity index (χ1v) is 7.24. The third-order valence-corrected chi connectivity index (χ3v) is 4.04. The summed E-state index contributed by atoms with van der Waals surface area (Å²) < 4.78 is 0.701. The average molecular weight is 360 g/mol. The molecule has 0 atom stereocenters. The lowest BCUT2D eigenvalue weighted by molar-refractivity contribution is -0.384. The van der Waals surface area contributed by atoms with E-state index in [2.05, 4.69) is 25.9 Å². The van der Waals surface area contributed by atoms with Gasteiger partial charge >= 0.3 is 0 Å². The van der Waals surface area contributed by atoms with Gasteiger partial charge in [0, 0.05) is 23.0 Å². The Morgan fingerprint density at radius 3 is 2.77 bits per heavy atom. The van der Waals surface area contributed by atoms with Crippen LogP contribution in [-0.2, 0) is 6.42 Å². The molecule has 1 heterocycles. The number of halogens is 1. The lowest BCUT2D eigenvalue weighted by atomic mass is 10.1. The second kappa shape index (κ2) is 5.69. The molecule has 0 aliphatic carbocycles. The van der Waals surface area contributed by atoms with Crippen LogP contribution in [0.15, 0.2) is 51.7 Å². The molecule has 0 bridgehead atoms. The van der Waals surface area contributed by atoms with Crippen molar-refractivity contribution in [2.75, 3.05) is 0 Å². The summed E-state index contributed by atoms with van der Waals surface area (Å²) in [6.45, 7) is 0. The number of nitrogens with zero attached hydrogens (tertiary/aromatic N) is 2. The minimum absolute atomic E-state index is 0.0181. The number of nitrogens with one attached hydrogen (secondary N) is 1. The molecule has 0 saturated heterocycles. The van der Waals surface area contributed by atoms with Crippen molar-refractivity contribution in [1.29, 1.82) is 0 Å². The minimum Gasteiger partial charge on any atom is -0.319 e. The van der Waals surface area contributed by atoms with Gasteiger partial charge in [-0.25, -0.2) is 4.98 Å². The molecule has 1 aromatic heterocycles. The van der Waals surface area contributed by atoms with Crippen LogP contribution in [0.25, 0.3) is 11.0 Å². The van der Waals surface area contributed by atoms with Crippen molar-refractivity contribution < 1.29 is 4.92 Å². The minimum atomic E-state index is -0.464. The molecule has 3 aromatic rings. The third kappa shape index (κ3) is 2.75. The molecule has 110 valence electrons. The Bertz CT molecular complexity index is 937. The molecule has 0 spiro atoms.